The van der Waals surface area contributed by atoms with Crippen LogP contribution in [-0.4, -0.2) is 23.3 Å². The summed E-state index contributed by atoms with van der Waals surface area (Å²) in [5.41, 5.74) is 1.27. The molecule has 1 aromatic heterocycles. The van der Waals surface area contributed by atoms with E-state index >= 15 is 0 Å². The van der Waals surface area contributed by atoms with Crippen molar-refractivity contribution in [3.63, 3.8) is 0 Å². The summed E-state index contributed by atoms with van der Waals surface area (Å²) in [7, 11) is 0. The lowest BCUT2D eigenvalue weighted by atomic mass is 10.1. The summed E-state index contributed by atoms with van der Waals surface area (Å²) in [6.45, 7) is 0.167. The highest BCUT2D eigenvalue weighted by Crippen LogP contribution is 2.17. The molecule has 3 rings (SSSR count). The second-order valence-corrected chi connectivity index (χ2v) is 6.01. The number of non-ortho nitro benzene ring substituents is 1. The number of hydrogen-bond donors (Lipinski definition) is 3. The zero-order chi connectivity index (χ0) is 20.6. The van der Waals surface area contributed by atoms with Crippen LogP contribution in [0, 0.1) is 10.1 Å². The fourth-order valence-corrected chi connectivity index (χ4v) is 2.56. The van der Waals surface area contributed by atoms with Crippen molar-refractivity contribution >= 4 is 28.9 Å². The predicted octanol–water partition coefficient (Wildman–Crippen LogP) is 3.17. The average molecular weight is 394 g/mol. The van der Waals surface area contributed by atoms with Crippen LogP contribution >= 0.6 is 0 Å². The highest BCUT2D eigenvalue weighted by molar-refractivity contribution is 6.00. The van der Waals surface area contributed by atoms with Gasteiger partial charge in [0.15, 0.2) is 0 Å². The number of anilines is 2. The number of rotatable bonds is 8. The van der Waals surface area contributed by atoms with E-state index in [4.69, 9.17) is 4.42 Å². The number of amides is 2. The number of nitrogens with one attached hydrogen (secondary N) is 3. The summed E-state index contributed by atoms with van der Waals surface area (Å²) in [6, 6.07) is 15.8. The van der Waals surface area contributed by atoms with Crippen LogP contribution in [0.2, 0.25) is 0 Å². The molecule has 3 aromatic rings. The van der Waals surface area contributed by atoms with Crippen molar-refractivity contribution in [2.75, 3.05) is 17.2 Å². The van der Waals surface area contributed by atoms with Gasteiger partial charge in [-0.15, -0.1) is 0 Å². The van der Waals surface area contributed by atoms with Crippen LogP contribution < -0.4 is 16.0 Å². The standard InChI is InChI=1S/C20H18N4O5/c25-19(23-14-7-9-15(10-8-14)24(27)28)13-21-18-6-2-1-5-17(18)20(26)22-12-16-4-3-11-29-16/h1-11,21H,12-13H2,(H,22,26)(H,23,25). The molecule has 1 heterocycles. The molecule has 0 saturated heterocycles. The van der Waals surface area contributed by atoms with E-state index in [0.29, 0.717) is 22.7 Å². The molecule has 0 aliphatic carbocycles. The van der Waals surface area contributed by atoms with Crippen molar-refractivity contribution in [3.8, 4) is 0 Å². The smallest absolute Gasteiger partial charge is 0.269 e. The number of carbonyl (C=O) groups is 2. The maximum absolute atomic E-state index is 12.4. The molecule has 0 bridgehead atoms. The van der Waals surface area contributed by atoms with Crippen molar-refractivity contribution in [3.05, 3.63) is 88.4 Å². The molecule has 9 nitrogen and oxygen atoms in total. The summed E-state index contributed by atoms with van der Waals surface area (Å²) in [6.07, 6.45) is 1.53. The molecule has 0 fully saturated rings. The van der Waals surface area contributed by atoms with Crippen LogP contribution in [0.25, 0.3) is 0 Å². The van der Waals surface area contributed by atoms with Gasteiger partial charge in [-0.1, -0.05) is 12.1 Å². The van der Waals surface area contributed by atoms with Gasteiger partial charge < -0.3 is 20.4 Å². The first-order valence-electron chi connectivity index (χ1n) is 8.71. The third-order valence-corrected chi connectivity index (χ3v) is 3.98. The third-order valence-electron chi connectivity index (χ3n) is 3.98. The van der Waals surface area contributed by atoms with Gasteiger partial charge in [0.25, 0.3) is 11.6 Å². The van der Waals surface area contributed by atoms with Crippen LogP contribution in [0.3, 0.4) is 0 Å². The number of para-hydroxylation sites is 1. The number of benzene rings is 2. The largest absolute Gasteiger partial charge is 0.467 e. The second-order valence-electron chi connectivity index (χ2n) is 6.01. The molecular weight excluding hydrogens is 376 g/mol. The Morgan fingerprint density at radius 1 is 1.00 bits per heavy atom. The van der Waals surface area contributed by atoms with Crippen LogP contribution in [0.1, 0.15) is 16.1 Å². The van der Waals surface area contributed by atoms with Gasteiger partial charge >= 0.3 is 0 Å². The van der Waals surface area contributed by atoms with E-state index in [1.54, 1.807) is 36.4 Å². The van der Waals surface area contributed by atoms with Crippen LogP contribution in [0.5, 0.6) is 0 Å². The van der Waals surface area contributed by atoms with Gasteiger partial charge in [-0.05, 0) is 36.4 Å². The molecule has 0 atom stereocenters. The normalized spacial score (nSPS) is 10.2. The summed E-state index contributed by atoms with van der Waals surface area (Å²) in [5.74, 6) is -0.0313. The maximum Gasteiger partial charge on any atom is 0.269 e. The minimum atomic E-state index is -0.513. The Kier molecular flexibility index (Phi) is 6.21. The van der Waals surface area contributed by atoms with E-state index in [9.17, 15) is 19.7 Å². The van der Waals surface area contributed by atoms with Crippen molar-refractivity contribution in [1.29, 1.82) is 0 Å². The van der Waals surface area contributed by atoms with Gasteiger partial charge in [0.1, 0.15) is 5.76 Å². The average Bonchev–Trinajstić information content (AvgIpc) is 3.25. The Labute approximate surface area is 165 Å². The Hall–Kier alpha value is -4.14. The Bertz CT molecular complexity index is 1000. The highest BCUT2D eigenvalue weighted by atomic mass is 16.6. The topological polar surface area (TPSA) is 127 Å². The summed E-state index contributed by atoms with van der Waals surface area (Å²) >= 11 is 0. The van der Waals surface area contributed by atoms with Gasteiger partial charge in [0, 0.05) is 23.5 Å². The summed E-state index contributed by atoms with van der Waals surface area (Å²) in [4.78, 5) is 34.7. The molecule has 2 aromatic carbocycles. The van der Waals surface area contributed by atoms with Gasteiger partial charge in [-0.3, -0.25) is 19.7 Å². The molecule has 3 N–H and O–H groups in total. The molecule has 148 valence electrons. The lowest BCUT2D eigenvalue weighted by Gasteiger charge is -2.12. The maximum atomic E-state index is 12.4. The number of nitro benzene ring substituents is 1. The van der Waals surface area contributed by atoms with E-state index in [0.717, 1.165) is 0 Å². The van der Waals surface area contributed by atoms with Crippen LogP contribution in [-0.2, 0) is 11.3 Å². The van der Waals surface area contributed by atoms with E-state index < -0.39 is 4.92 Å². The summed E-state index contributed by atoms with van der Waals surface area (Å²) < 4.78 is 5.19. The molecule has 0 spiro atoms. The van der Waals surface area contributed by atoms with Crippen LogP contribution in [0.15, 0.2) is 71.3 Å². The predicted molar refractivity (Wildman–Crippen MR) is 107 cm³/mol. The minimum absolute atomic E-state index is 0.0596. The van der Waals surface area contributed by atoms with Crippen molar-refractivity contribution < 1.29 is 18.9 Å². The molecule has 0 aliphatic rings. The molecule has 0 unspecified atom stereocenters. The van der Waals surface area contributed by atoms with Gasteiger partial charge in [-0.2, -0.15) is 0 Å². The van der Waals surface area contributed by atoms with Crippen molar-refractivity contribution in [2.24, 2.45) is 0 Å². The number of furan rings is 1. The second kappa shape index (κ2) is 9.18. The van der Waals surface area contributed by atoms with Crippen molar-refractivity contribution in [1.82, 2.24) is 5.32 Å². The highest BCUT2D eigenvalue weighted by Gasteiger charge is 2.12. The van der Waals surface area contributed by atoms with E-state index in [2.05, 4.69) is 16.0 Å². The number of hydrogen-bond acceptors (Lipinski definition) is 6. The van der Waals surface area contributed by atoms with Gasteiger partial charge in [0.2, 0.25) is 5.91 Å². The monoisotopic (exact) mass is 394 g/mol. The molecule has 0 radical (unpaired) electrons. The third kappa shape index (κ3) is 5.42. The minimum Gasteiger partial charge on any atom is -0.467 e. The number of nitrogens with zero attached hydrogens (tertiary/aromatic N) is 1. The Morgan fingerprint density at radius 2 is 1.76 bits per heavy atom. The Balaban J connectivity index is 1.56. The van der Waals surface area contributed by atoms with Crippen LogP contribution in [0.4, 0.5) is 17.1 Å². The fourth-order valence-electron chi connectivity index (χ4n) is 2.56. The zero-order valence-electron chi connectivity index (χ0n) is 15.3. The first kappa shape index (κ1) is 19.6. The van der Waals surface area contributed by atoms with Gasteiger partial charge in [0.05, 0.1) is 29.8 Å². The molecule has 29 heavy (non-hydrogen) atoms. The van der Waals surface area contributed by atoms with E-state index in [1.165, 1.54) is 30.5 Å². The molecule has 0 aliphatic heterocycles. The first-order valence-corrected chi connectivity index (χ1v) is 8.71. The zero-order valence-corrected chi connectivity index (χ0v) is 15.3. The van der Waals surface area contributed by atoms with Crippen molar-refractivity contribution in [2.45, 2.75) is 6.54 Å². The molecule has 2 amide bonds. The van der Waals surface area contributed by atoms with E-state index in [-0.39, 0.29) is 30.6 Å². The lowest BCUT2D eigenvalue weighted by molar-refractivity contribution is -0.384. The van der Waals surface area contributed by atoms with E-state index in [1.807, 2.05) is 0 Å². The Morgan fingerprint density at radius 3 is 2.45 bits per heavy atom. The van der Waals surface area contributed by atoms with Gasteiger partial charge in [-0.25, -0.2) is 0 Å². The first-order chi connectivity index (χ1) is 14.0. The number of carbonyl (C=O) groups excluding carboxylic acids is 2. The quantitative estimate of drug-likeness (QED) is 0.398. The summed E-state index contributed by atoms with van der Waals surface area (Å²) in [5, 5.41) is 19.0. The molecular formula is C20H18N4O5. The lowest BCUT2D eigenvalue weighted by Crippen LogP contribution is -2.26. The SMILES string of the molecule is O=C(CNc1ccccc1C(=O)NCc1ccco1)Nc1ccc([N+](=O)[O-])cc1. The fraction of sp³-hybridized carbons (Fsp3) is 0.100. The number of nitro groups is 1. The molecule has 9 heteroatoms. The molecule has 0 saturated carbocycles.